The van der Waals surface area contributed by atoms with Gasteiger partial charge in [-0.05, 0) is 93.7 Å². The molecule has 0 radical (unpaired) electrons. The second-order valence-electron chi connectivity index (χ2n) is 22.1. The summed E-state index contributed by atoms with van der Waals surface area (Å²) >= 11 is 0. The van der Waals surface area contributed by atoms with Crippen molar-refractivity contribution in [3.8, 4) is 57.1 Å². The Morgan fingerprint density at radius 1 is 0.282 bits per heavy atom. The molecule has 5 heterocycles. The maximum Gasteiger partial charge on any atom is 0.160 e. The quantitative estimate of drug-likeness (QED) is 0.166. The van der Waals surface area contributed by atoms with Gasteiger partial charge in [0.2, 0.25) is 0 Å². The summed E-state index contributed by atoms with van der Waals surface area (Å²) in [5, 5.41) is 38.1. The van der Waals surface area contributed by atoms with Crippen molar-refractivity contribution < 1.29 is 4.42 Å². The maximum absolute atomic E-state index is 13.0. The van der Waals surface area contributed by atoms with E-state index in [1.165, 1.54) is 0 Å². The molecule has 0 aliphatic carbocycles. The lowest BCUT2D eigenvalue weighted by Crippen LogP contribution is -2.16. The van der Waals surface area contributed by atoms with Gasteiger partial charge in [-0.15, -0.1) is 0 Å². The molecule has 85 heavy (non-hydrogen) atoms. The van der Waals surface area contributed by atoms with Gasteiger partial charge >= 0.3 is 0 Å². The third-order valence-electron chi connectivity index (χ3n) is 17.8. The zero-order valence-corrected chi connectivity index (χ0v) is 45.5. The lowest BCUT2D eigenvalue weighted by atomic mass is 9.91. The molecule has 0 unspecified atom stereocenters. The minimum atomic E-state index is 0.372. The van der Waals surface area contributed by atoms with Crippen molar-refractivity contribution in [2.24, 2.45) is 0 Å². The Labute approximate surface area is 485 Å². The lowest BCUT2D eigenvalue weighted by molar-refractivity contribution is 0.671. The summed E-state index contributed by atoms with van der Waals surface area (Å²) in [5.41, 5.74) is 15.9. The number of rotatable bonds is 6. The Morgan fingerprint density at radius 2 is 0.671 bits per heavy atom. The highest BCUT2D eigenvalue weighted by molar-refractivity contribution is 6.23. The van der Waals surface area contributed by atoms with Crippen LogP contribution in [0.25, 0.3) is 165 Å². The standard InChI is InChI=1S/C78H44N6O/c79-45-62-73(81-64-33-11-4-24-52(64)53-25-5-12-34-65(53)81)74(82-66-35-13-6-26-54(66)55-27-7-14-36-67(55)82)63(46-80)76(75(62)83-68-37-15-8-28-56(68)57-29-9-16-38-69(57)83)84-70-43-40-49(51-32-19-23-48-22-18-31-50(72(48)51)47-20-2-1-3-21-47)44-61(70)59-41-42-60-58-30-10-17-39-71(58)85-78(60)77(59)84/h1-44H. The molecule has 0 aliphatic heterocycles. The predicted molar refractivity (Wildman–Crippen MR) is 349 cm³/mol. The molecule has 5 aromatic heterocycles. The smallest absolute Gasteiger partial charge is 0.160 e. The van der Waals surface area contributed by atoms with Crippen LogP contribution in [0.1, 0.15) is 11.1 Å². The van der Waals surface area contributed by atoms with Gasteiger partial charge in [-0.3, -0.25) is 0 Å². The summed E-state index contributed by atoms with van der Waals surface area (Å²) in [6, 6.07) is 99.6. The molecule has 0 spiro atoms. The van der Waals surface area contributed by atoms with Crippen molar-refractivity contribution in [2.45, 2.75) is 0 Å². The van der Waals surface area contributed by atoms with Gasteiger partial charge < -0.3 is 22.7 Å². The number of hydrogen-bond donors (Lipinski definition) is 0. The summed E-state index contributed by atoms with van der Waals surface area (Å²) in [7, 11) is 0. The molecule has 18 rings (SSSR count). The molecular formula is C78H44N6O. The van der Waals surface area contributed by atoms with Crippen LogP contribution in [0.3, 0.4) is 0 Å². The van der Waals surface area contributed by atoms with Gasteiger partial charge in [0.1, 0.15) is 28.8 Å². The van der Waals surface area contributed by atoms with Crippen LogP contribution < -0.4 is 0 Å². The maximum atomic E-state index is 13.0. The van der Waals surface area contributed by atoms with Crippen molar-refractivity contribution in [2.75, 3.05) is 0 Å². The molecule has 0 atom stereocenters. The Balaban J connectivity index is 1.10. The van der Waals surface area contributed by atoms with E-state index in [0.29, 0.717) is 39.5 Å². The first kappa shape index (κ1) is 46.8. The molecule has 0 amide bonds. The van der Waals surface area contributed by atoms with Crippen LogP contribution in [0.4, 0.5) is 0 Å². The predicted octanol–water partition coefficient (Wildman–Crippen LogP) is 20.2. The topological polar surface area (TPSA) is 80.4 Å². The highest BCUT2D eigenvalue weighted by atomic mass is 16.3. The van der Waals surface area contributed by atoms with Crippen molar-refractivity contribution in [3.63, 3.8) is 0 Å². The van der Waals surface area contributed by atoms with Crippen LogP contribution in [0.5, 0.6) is 0 Å². The van der Waals surface area contributed by atoms with E-state index in [2.05, 4.69) is 285 Å². The van der Waals surface area contributed by atoms with Gasteiger partial charge in [-0.25, -0.2) is 0 Å². The average molecular weight is 1080 g/mol. The third kappa shape index (κ3) is 6.41. The molecule has 18 aromatic rings. The Kier molecular flexibility index (Phi) is 9.80. The number of para-hydroxylation sites is 7. The molecule has 0 aliphatic rings. The van der Waals surface area contributed by atoms with E-state index in [1.54, 1.807) is 0 Å². The average Bonchev–Trinajstić information content (AvgIpc) is 2.75. The van der Waals surface area contributed by atoms with E-state index < -0.39 is 0 Å². The van der Waals surface area contributed by atoms with Gasteiger partial charge in [-0.1, -0.05) is 206 Å². The molecule has 0 bridgehead atoms. The van der Waals surface area contributed by atoms with Crippen molar-refractivity contribution in [1.29, 1.82) is 10.5 Å². The third-order valence-corrected chi connectivity index (χ3v) is 17.8. The number of aromatic nitrogens is 4. The fourth-order valence-electron chi connectivity index (χ4n) is 14.4. The SMILES string of the molecule is N#Cc1c(-n2c3ccccc3c3ccccc32)c(-n2c3ccccc3c3ccccc32)c(C#N)c(-n2c3ccc(-c4cccc5cccc(-c6ccccc6)c45)cc3c3ccc4c5ccccc5oc4c32)c1-n1c2ccccc2c2ccccc21. The molecule has 7 nitrogen and oxygen atoms in total. The van der Waals surface area contributed by atoms with Crippen LogP contribution in [0.15, 0.2) is 271 Å². The van der Waals surface area contributed by atoms with Crippen LogP contribution in [0, 0.1) is 22.7 Å². The number of furan rings is 1. The molecule has 0 saturated heterocycles. The van der Waals surface area contributed by atoms with Gasteiger partial charge in [0, 0.05) is 53.9 Å². The largest absolute Gasteiger partial charge is 0.454 e. The Hall–Kier alpha value is -11.9. The van der Waals surface area contributed by atoms with E-state index in [9.17, 15) is 10.5 Å². The fourth-order valence-corrected chi connectivity index (χ4v) is 14.4. The van der Waals surface area contributed by atoms with Crippen LogP contribution in [0.2, 0.25) is 0 Å². The van der Waals surface area contributed by atoms with E-state index in [0.717, 1.165) is 137 Å². The number of benzene rings is 13. The van der Waals surface area contributed by atoms with Gasteiger partial charge in [0.25, 0.3) is 0 Å². The number of hydrogen-bond acceptors (Lipinski definition) is 3. The molecule has 7 heteroatoms. The van der Waals surface area contributed by atoms with E-state index >= 15 is 0 Å². The molecule has 13 aromatic carbocycles. The fraction of sp³-hybridized carbons (Fsp3) is 0. The molecular weight excluding hydrogens is 1040 g/mol. The number of fused-ring (bicyclic) bond motifs is 17. The van der Waals surface area contributed by atoms with Crippen LogP contribution >= 0.6 is 0 Å². The highest BCUT2D eigenvalue weighted by Crippen LogP contribution is 2.51. The summed E-state index contributed by atoms with van der Waals surface area (Å²) in [5.74, 6) is 0. The first-order valence-electron chi connectivity index (χ1n) is 28.6. The monoisotopic (exact) mass is 1080 g/mol. The second kappa shape index (κ2) is 17.8. The molecule has 0 N–H and O–H groups in total. The van der Waals surface area contributed by atoms with Gasteiger partial charge in [0.05, 0.1) is 66.9 Å². The number of nitriles is 2. The van der Waals surface area contributed by atoms with E-state index in [-0.39, 0.29) is 0 Å². The summed E-state index contributed by atoms with van der Waals surface area (Å²) in [4.78, 5) is 0. The summed E-state index contributed by atoms with van der Waals surface area (Å²) in [6.45, 7) is 0. The van der Waals surface area contributed by atoms with Crippen LogP contribution in [-0.4, -0.2) is 18.3 Å². The molecule has 392 valence electrons. The van der Waals surface area contributed by atoms with Gasteiger partial charge in [-0.2, -0.15) is 10.5 Å². The van der Waals surface area contributed by atoms with E-state index in [4.69, 9.17) is 4.42 Å². The minimum Gasteiger partial charge on any atom is -0.454 e. The first-order valence-corrected chi connectivity index (χ1v) is 28.6. The first-order chi connectivity index (χ1) is 42.2. The summed E-state index contributed by atoms with van der Waals surface area (Å²) < 4.78 is 16.2. The van der Waals surface area contributed by atoms with Crippen LogP contribution in [-0.2, 0) is 0 Å². The van der Waals surface area contributed by atoms with Crippen molar-refractivity contribution >= 4 is 120 Å². The van der Waals surface area contributed by atoms with Gasteiger partial charge in [0.15, 0.2) is 5.58 Å². The van der Waals surface area contributed by atoms with Crippen molar-refractivity contribution in [1.82, 2.24) is 18.3 Å². The minimum absolute atomic E-state index is 0.372. The zero-order valence-electron chi connectivity index (χ0n) is 45.5. The highest BCUT2D eigenvalue weighted by Gasteiger charge is 2.35. The normalized spacial score (nSPS) is 12.0. The lowest BCUT2D eigenvalue weighted by Gasteiger charge is -2.27. The molecule has 0 fully saturated rings. The zero-order chi connectivity index (χ0) is 56.0. The van der Waals surface area contributed by atoms with Crippen molar-refractivity contribution in [3.05, 3.63) is 278 Å². The van der Waals surface area contributed by atoms with E-state index in [1.807, 2.05) is 12.1 Å². The Morgan fingerprint density at radius 3 is 1.14 bits per heavy atom. The molecule has 0 saturated carbocycles. The number of nitrogens with zero attached hydrogens (tertiary/aromatic N) is 6. The summed E-state index contributed by atoms with van der Waals surface area (Å²) in [6.07, 6.45) is 0. The second-order valence-corrected chi connectivity index (χ2v) is 22.1. The Bertz CT molecular complexity index is 5840.